The Kier molecular flexibility index (Phi) is 5.04. The lowest BCUT2D eigenvalue weighted by Gasteiger charge is -2.14. The third-order valence-electron chi connectivity index (χ3n) is 3.87. The van der Waals surface area contributed by atoms with Crippen molar-refractivity contribution in [3.63, 3.8) is 0 Å². The highest BCUT2D eigenvalue weighted by Crippen LogP contribution is 2.23. The fourth-order valence-corrected chi connectivity index (χ4v) is 2.75. The van der Waals surface area contributed by atoms with E-state index in [0.717, 1.165) is 6.07 Å². The molecule has 1 amide bonds. The number of para-hydroxylation sites is 1. The molecular formula is C17H14ClN5O4. The number of rotatable bonds is 5. The molecule has 1 heterocycles. The average molecular weight is 388 g/mol. The van der Waals surface area contributed by atoms with Crippen molar-refractivity contribution in [2.75, 3.05) is 5.43 Å². The van der Waals surface area contributed by atoms with Crippen LogP contribution in [0.1, 0.15) is 17.3 Å². The normalized spacial score (nSPS) is 10.6. The van der Waals surface area contributed by atoms with Gasteiger partial charge >= 0.3 is 0 Å². The fraction of sp³-hybridized carbons (Fsp3) is 0.118. The van der Waals surface area contributed by atoms with Gasteiger partial charge in [-0.1, -0.05) is 23.7 Å². The van der Waals surface area contributed by atoms with Crippen LogP contribution < -0.4 is 16.4 Å². The van der Waals surface area contributed by atoms with Gasteiger partial charge in [0.1, 0.15) is 5.56 Å². The van der Waals surface area contributed by atoms with E-state index < -0.39 is 16.5 Å². The van der Waals surface area contributed by atoms with Crippen molar-refractivity contribution in [2.24, 2.45) is 0 Å². The molecule has 0 spiro atoms. The lowest BCUT2D eigenvalue weighted by atomic mass is 10.2. The van der Waals surface area contributed by atoms with Crippen molar-refractivity contribution in [1.82, 2.24) is 15.0 Å². The van der Waals surface area contributed by atoms with Gasteiger partial charge in [-0.2, -0.15) is 0 Å². The van der Waals surface area contributed by atoms with Crippen molar-refractivity contribution in [1.29, 1.82) is 0 Å². The van der Waals surface area contributed by atoms with Crippen LogP contribution in [-0.4, -0.2) is 20.4 Å². The Hall–Kier alpha value is -3.46. The molecule has 138 valence electrons. The summed E-state index contributed by atoms with van der Waals surface area (Å²) in [6, 6.07) is 10.5. The first-order chi connectivity index (χ1) is 12.9. The Morgan fingerprint density at radius 1 is 1.30 bits per heavy atom. The number of aromatic nitrogens is 2. The number of halogens is 1. The van der Waals surface area contributed by atoms with Crippen LogP contribution in [0.15, 0.2) is 47.3 Å². The Bertz CT molecular complexity index is 1110. The Balaban J connectivity index is 1.92. The number of hydrazine groups is 1. The second kappa shape index (κ2) is 7.42. The molecule has 0 bridgehead atoms. The maximum atomic E-state index is 12.5. The first kappa shape index (κ1) is 18.3. The average Bonchev–Trinajstić information content (AvgIpc) is 2.66. The van der Waals surface area contributed by atoms with Gasteiger partial charge in [0.15, 0.2) is 0 Å². The lowest BCUT2D eigenvalue weighted by Crippen LogP contribution is -2.34. The molecule has 0 radical (unpaired) electrons. The summed E-state index contributed by atoms with van der Waals surface area (Å²) in [5, 5.41) is 11.7. The highest BCUT2D eigenvalue weighted by molar-refractivity contribution is 6.31. The number of anilines is 1. The second-order valence-corrected chi connectivity index (χ2v) is 5.94. The molecule has 27 heavy (non-hydrogen) atoms. The van der Waals surface area contributed by atoms with E-state index in [4.69, 9.17) is 11.6 Å². The van der Waals surface area contributed by atoms with Crippen molar-refractivity contribution in [2.45, 2.75) is 13.5 Å². The van der Waals surface area contributed by atoms with E-state index in [1.807, 2.05) is 0 Å². The fourth-order valence-electron chi connectivity index (χ4n) is 2.58. The summed E-state index contributed by atoms with van der Waals surface area (Å²) in [5.41, 5.74) is 4.50. The van der Waals surface area contributed by atoms with Crippen LogP contribution in [0.3, 0.4) is 0 Å². The molecule has 0 aliphatic carbocycles. The third kappa shape index (κ3) is 3.58. The van der Waals surface area contributed by atoms with Gasteiger partial charge in [-0.3, -0.25) is 35.1 Å². The van der Waals surface area contributed by atoms with Crippen LogP contribution >= 0.6 is 11.6 Å². The largest absolute Gasteiger partial charge is 0.283 e. The molecule has 9 nitrogen and oxygen atoms in total. The minimum absolute atomic E-state index is 0.117. The molecule has 0 saturated heterocycles. The van der Waals surface area contributed by atoms with Crippen molar-refractivity contribution < 1.29 is 9.72 Å². The van der Waals surface area contributed by atoms with Gasteiger partial charge in [0.05, 0.1) is 15.8 Å². The number of nitrogens with zero attached hydrogens (tertiary/aromatic N) is 3. The SMILES string of the molecule is CCn1c(NNC(=O)c2ccc(Cl)cc2[N+](=O)[O-])nc2ccccc2c1=O. The summed E-state index contributed by atoms with van der Waals surface area (Å²) < 4.78 is 1.35. The number of nitro benzene ring substituents is 1. The smallest absolute Gasteiger partial charge is 0.277 e. The highest BCUT2D eigenvalue weighted by Gasteiger charge is 2.21. The number of nitro groups is 1. The van der Waals surface area contributed by atoms with E-state index >= 15 is 0 Å². The summed E-state index contributed by atoms with van der Waals surface area (Å²) in [7, 11) is 0. The molecule has 2 aromatic carbocycles. The zero-order valence-corrected chi connectivity index (χ0v) is 14.9. The van der Waals surface area contributed by atoms with Crippen molar-refractivity contribution >= 4 is 40.0 Å². The van der Waals surface area contributed by atoms with Crippen LogP contribution in [0.4, 0.5) is 11.6 Å². The van der Waals surface area contributed by atoms with Crippen LogP contribution in [0, 0.1) is 10.1 Å². The van der Waals surface area contributed by atoms with E-state index in [1.165, 1.54) is 16.7 Å². The minimum Gasteiger partial charge on any atom is -0.277 e. The first-order valence-corrected chi connectivity index (χ1v) is 8.30. The summed E-state index contributed by atoms with van der Waals surface area (Å²) >= 11 is 5.75. The number of fused-ring (bicyclic) bond motifs is 1. The van der Waals surface area contributed by atoms with Gasteiger partial charge in [-0.05, 0) is 31.2 Å². The van der Waals surface area contributed by atoms with E-state index in [2.05, 4.69) is 15.8 Å². The number of hydrogen-bond donors (Lipinski definition) is 2. The molecule has 3 aromatic rings. The van der Waals surface area contributed by atoms with Crippen LogP contribution in [0.25, 0.3) is 10.9 Å². The molecule has 10 heteroatoms. The Labute approximate surface area is 157 Å². The molecule has 0 atom stereocenters. The number of amides is 1. The summed E-state index contributed by atoms with van der Waals surface area (Å²) in [6.07, 6.45) is 0. The molecular weight excluding hydrogens is 374 g/mol. The van der Waals surface area contributed by atoms with Crippen LogP contribution in [0.2, 0.25) is 5.02 Å². The van der Waals surface area contributed by atoms with Gasteiger partial charge in [0.2, 0.25) is 5.95 Å². The monoisotopic (exact) mass is 387 g/mol. The maximum absolute atomic E-state index is 12.5. The lowest BCUT2D eigenvalue weighted by molar-refractivity contribution is -0.385. The summed E-state index contributed by atoms with van der Waals surface area (Å²) in [4.78, 5) is 39.7. The van der Waals surface area contributed by atoms with Gasteiger partial charge in [-0.15, -0.1) is 0 Å². The summed E-state index contributed by atoms with van der Waals surface area (Å²) in [6.45, 7) is 2.07. The van der Waals surface area contributed by atoms with E-state index in [-0.39, 0.29) is 22.1 Å². The molecule has 3 rings (SSSR count). The van der Waals surface area contributed by atoms with Gasteiger partial charge in [0, 0.05) is 17.6 Å². The van der Waals surface area contributed by atoms with E-state index in [1.54, 1.807) is 31.2 Å². The Morgan fingerprint density at radius 3 is 2.74 bits per heavy atom. The molecule has 0 unspecified atom stereocenters. The topological polar surface area (TPSA) is 119 Å². The van der Waals surface area contributed by atoms with E-state index in [9.17, 15) is 19.7 Å². The zero-order chi connectivity index (χ0) is 19.6. The number of carbonyl (C=O) groups is 1. The van der Waals surface area contributed by atoms with Crippen molar-refractivity contribution in [3.05, 3.63) is 73.5 Å². The van der Waals surface area contributed by atoms with Gasteiger partial charge < -0.3 is 0 Å². The zero-order valence-electron chi connectivity index (χ0n) is 14.1. The molecule has 0 saturated carbocycles. The number of carbonyl (C=O) groups excluding carboxylic acids is 1. The first-order valence-electron chi connectivity index (χ1n) is 7.92. The molecule has 0 aliphatic rings. The number of hydrogen-bond acceptors (Lipinski definition) is 6. The molecule has 2 N–H and O–H groups in total. The predicted molar refractivity (Wildman–Crippen MR) is 101 cm³/mol. The van der Waals surface area contributed by atoms with Crippen LogP contribution in [-0.2, 0) is 6.54 Å². The molecule has 0 fully saturated rings. The number of nitrogens with one attached hydrogen (secondary N) is 2. The van der Waals surface area contributed by atoms with Crippen molar-refractivity contribution in [3.8, 4) is 0 Å². The predicted octanol–water partition coefficient (Wildman–Crippen LogP) is 2.73. The van der Waals surface area contributed by atoms with Crippen LogP contribution in [0.5, 0.6) is 0 Å². The Morgan fingerprint density at radius 2 is 2.04 bits per heavy atom. The molecule has 1 aromatic heterocycles. The summed E-state index contributed by atoms with van der Waals surface area (Å²) in [5.74, 6) is -0.644. The highest BCUT2D eigenvalue weighted by atomic mass is 35.5. The van der Waals surface area contributed by atoms with E-state index in [0.29, 0.717) is 17.4 Å². The molecule has 0 aliphatic heterocycles. The van der Waals surface area contributed by atoms with Gasteiger partial charge in [0.25, 0.3) is 17.2 Å². The quantitative estimate of drug-likeness (QED) is 0.513. The van der Waals surface area contributed by atoms with Gasteiger partial charge in [-0.25, -0.2) is 4.98 Å². The second-order valence-electron chi connectivity index (χ2n) is 5.50. The maximum Gasteiger partial charge on any atom is 0.283 e. The minimum atomic E-state index is -0.761. The standard InChI is InChI=1S/C17H14ClN5O4/c1-2-22-16(25)11-5-3-4-6-13(11)19-17(22)21-20-15(24)12-8-7-10(18)9-14(12)23(26)27/h3-9H,2H2,1H3,(H,19,21)(H,20,24). The number of benzene rings is 2. The third-order valence-corrected chi connectivity index (χ3v) is 4.10.